The van der Waals surface area contributed by atoms with Gasteiger partial charge in [-0.3, -0.25) is 9.89 Å². The molecule has 5 aromatic rings. The van der Waals surface area contributed by atoms with E-state index in [1.165, 1.54) is 5.56 Å². The van der Waals surface area contributed by atoms with Crippen LogP contribution in [0.4, 0.5) is 5.82 Å². The lowest BCUT2D eigenvalue weighted by atomic mass is 10.0. The second kappa shape index (κ2) is 8.03. The summed E-state index contributed by atoms with van der Waals surface area (Å²) in [6.07, 6.45) is 2.67. The van der Waals surface area contributed by atoms with Gasteiger partial charge in [0.1, 0.15) is 11.4 Å². The number of phenols is 1. The first kappa shape index (κ1) is 19.6. The Kier molecular flexibility index (Phi) is 4.91. The lowest BCUT2D eigenvalue weighted by Gasteiger charge is -2.04. The summed E-state index contributed by atoms with van der Waals surface area (Å²) < 4.78 is 1.71. The number of amides is 1. The first-order valence-electron chi connectivity index (χ1n) is 10.3. The summed E-state index contributed by atoms with van der Waals surface area (Å²) in [6, 6.07) is 22.6. The van der Waals surface area contributed by atoms with E-state index >= 15 is 0 Å². The Labute approximate surface area is 184 Å². The smallest absolute Gasteiger partial charge is 0.260 e. The van der Waals surface area contributed by atoms with E-state index < -0.39 is 0 Å². The van der Waals surface area contributed by atoms with Crippen molar-refractivity contribution < 1.29 is 9.90 Å². The molecule has 0 atom stereocenters. The Bertz CT molecular complexity index is 1400. The number of aryl methyl sites for hydroxylation is 1. The predicted molar refractivity (Wildman–Crippen MR) is 124 cm³/mol. The van der Waals surface area contributed by atoms with Crippen LogP contribution < -0.4 is 5.32 Å². The number of fused-ring (bicyclic) bond motifs is 1. The molecule has 0 fully saturated rings. The zero-order valence-electron chi connectivity index (χ0n) is 17.4. The van der Waals surface area contributed by atoms with Gasteiger partial charge in [-0.05, 0) is 36.2 Å². The summed E-state index contributed by atoms with van der Waals surface area (Å²) in [4.78, 5) is 13.3. The van der Waals surface area contributed by atoms with E-state index in [4.69, 9.17) is 5.10 Å². The lowest BCUT2D eigenvalue weighted by Crippen LogP contribution is -2.13. The van der Waals surface area contributed by atoms with Gasteiger partial charge in [-0.25, -0.2) is 4.68 Å². The molecule has 0 aliphatic rings. The average molecular weight is 423 g/mol. The molecule has 5 rings (SSSR count). The number of para-hydroxylation sites is 1. The normalized spacial score (nSPS) is 11.0. The molecule has 3 aromatic carbocycles. The minimum Gasteiger partial charge on any atom is -0.508 e. The van der Waals surface area contributed by atoms with Gasteiger partial charge in [0.25, 0.3) is 5.91 Å². The van der Waals surface area contributed by atoms with Crippen LogP contribution in [0.5, 0.6) is 5.75 Å². The number of nitrogens with one attached hydrogen (secondary N) is 2. The molecule has 0 spiro atoms. The Hall–Kier alpha value is -4.39. The van der Waals surface area contributed by atoms with Gasteiger partial charge in [-0.2, -0.15) is 10.2 Å². The number of carbonyl (C=O) groups excluding carboxylic acids is 1. The largest absolute Gasteiger partial charge is 0.508 e. The highest BCUT2D eigenvalue weighted by Gasteiger charge is 2.20. The number of hydrogen-bond acceptors (Lipinski definition) is 4. The van der Waals surface area contributed by atoms with Crippen molar-refractivity contribution >= 4 is 22.6 Å². The molecule has 7 heteroatoms. The van der Waals surface area contributed by atoms with Crippen molar-refractivity contribution in [3.05, 3.63) is 90.1 Å². The van der Waals surface area contributed by atoms with Crippen molar-refractivity contribution in [2.75, 3.05) is 5.32 Å². The fraction of sp³-hybridized carbons (Fsp3) is 0.0800. The molecule has 0 bridgehead atoms. The summed E-state index contributed by atoms with van der Waals surface area (Å²) in [6.45, 7) is 2.10. The van der Waals surface area contributed by atoms with Crippen LogP contribution in [-0.4, -0.2) is 31.0 Å². The molecule has 1 amide bonds. The first-order chi connectivity index (χ1) is 15.6. The number of aromatic nitrogens is 4. The zero-order chi connectivity index (χ0) is 22.1. The molecule has 0 saturated carbocycles. The highest BCUT2D eigenvalue weighted by molar-refractivity contribution is 6.10. The van der Waals surface area contributed by atoms with E-state index in [1.807, 2.05) is 54.6 Å². The number of hydrogen-bond donors (Lipinski definition) is 3. The number of rotatable bonds is 5. The Morgan fingerprint density at radius 2 is 1.84 bits per heavy atom. The van der Waals surface area contributed by atoms with Crippen LogP contribution in [0.25, 0.3) is 27.8 Å². The van der Waals surface area contributed by atoms with Gasteiger partial charge in [0.2, 0.25) is 0 Å². The molecule has 0 radical (unpaired) electrons. The molecule has 0 aliphatic heterocycles. The maximum Gasteiger partial charge on any atom is 0.260 e. The van der Waals surface area contributed by atoms with Crippen LogP contribution in [0, 0.1) is 0 Å². The van der Waals surface area contributed by atoms with Crippen molar-refractivity contribution in [3.63, 3.8) is 0 Å². The molecule has 158 valence electrons. The number of H-pyrrole nitrogens is 1. The van der Waals surface area contributed by atoms with Gasteiger partial charge in [-0.1, -0.05) is 49.4 Å². The Balaban J connectivity index is 1.56. The topological polar surface area (TPSA) is 95.8 Å². The summed E-state index contributed by atoms with van der Waals surface area (Å²) in [5.74, 6) is 0.203. The average Bonchev–Trinajstić information content (AvgIpc) is 3.44. The number of nitrogens with zero attached hydrogens (tertiary/aromatic N) is 3. The van der Waals surface area contributed by atoms with Crippen LogP contribution in [-0.2, 0) is 6.42 Å². The van der Waals surface area contributed by atoms with E-state index in [1.54, 1.807) is 29.1 Å². The number of phenolic OH excluding ortho intramolecular Hbond substituents is 1. The minimum absolute atomic E-state index is 0.126. The van der Waals surface area contributed by atoms with E-state index in [-0.39, 0.29) is 11.7 Å². The fourth-order valence-electron chi connectivity index (χ4n) is 3.64. The summed E-state index contributed by atoms with van der Waals surface area (Å²) >= 11 is 0. The fourth-order valence-corrected chi connectivity index (χ4v) is 3.64. The quantitative estimate of drug-likeness (QED) is 0.373. The minimum atomic E-state index is -0.316. The highest BCUT2D eigenvalue weighted by Crippen LogP contribution is 2.28. The van der Waals surface area contributed by atoms with Crippen molar-refractivity contribution in [2.45, 2.75) is 13.3 Å². The number of aromatic amines is 1. The predicted octanol–water partition coefficient (Wildman–Crippen LogP) is 4.94. The molecule has 0 unspecified atom stereocenters. The monoisotopic (exact) mass is 423 g/mol. The third-order valence-corrected chi connectivity index (χ3v) is 5.39. The summed E-state index contributed by atoms with van der Waals surface area (Å²) in [5, 5.41) is 25.0. The molecular formula is C25H21N5O2. The van der Waals surface area contributed by atoms with Crippen LogP contribution >= 0.6 is 0 Å². The van der Waals surface area contributed by atoms with Gasteiger partial charge in [0, 0.05) is 23.2 Å². The van der Waals surface area contributed by atoms with Crippen LogP contribution in [0.2, 0.25) is 0 Å². The molecule has 3 N–H and O–H groups in total. The number of aromatic hydroxyl groups is 1. The van der Waals surface area contributed by atoms with Crippen molar-refractivity contribution in [1.29, 1.82) is 0 Å². The maximum absolute atomic E-state index is 13.3. The van der Waals surface area contributed by atoms with Gasteiger partial charge < -0.3 is 10.4 Å². The SMILES string of the molecule is CCc1ccc(-c2nn(-c3ccccc3)cc2C(=O)Nc2n[nH]c3cc(O)ccc23)cc1. The van der Waals surface area contributed by atoms with E-state index in [2.05, 4.69) is 22.4 Å². The molecule has 0 saturated heterocycles. The second-order valence-corrected chi connectivity index (χ2v) is 7.48. The third-order valence-electron chi connectivity index (χ3n) is 5.39. The maximum atomic E-state index is 13.3. The van der Waals surface area contributed by atoms with Gasteiger partial charge >= 0.3 is 0 Å². The van der Waals surface area contributed by atoms with Crippen molar-refractivity contribution in [1.82, 2.24) is 20.0 Å². The van der Waals surface area contributed by atoms with E-state index in [0.717, 1.165) is 17.7 Å². The van der Waals surface area contributed by atoms with Gasteiger partial charge in [0.05, 0.1) is 16.8 Å². The van der Waals surface area contributed by atoms with Crippen LogP contribution in [0.15, 0.2) is 79.0 Å². The Morgan fingerprint density at radius 1 is 1.06 bits per heavy atom. The van der Waals surface area contributed by atoms with Crippen molar-refractivity contribution in [2.24, 2.45) is 0 Å². The summed E-state index contributed by atoms with van der Waals surface area (Å²) in [7, 11) is 0. The van der Waals surface area contributed by atoms with E-state index in [0.29, 0.717) is 28.0 Å². The Morgan fingerprint density at radius 3 is 2.59 bits per heavy atom. The standard InChI is InChI=1S/C25H21N5O2/c1-2-16-8-10-17(11-9-16)23-21(15-30(29-23)18-6-4-3-5-7-18)25(32)26-24-20-13-12-19(31)14-22(20)27-28-24/h3-15,31H,2H2,1H3,(H2,26,27,28,32). The highest BCUT2D eigenvalue weighted by atomic mass is 16.3. The molecule has 2 aromatic heterocycles. The third kappa shape index (κ3) is 3.60. The molecule has 2 heterocycles. The molecule has 0 aliphatic carbocycles. The molecule has 32 heavy (non-hydrogen) atoms. The van der Waals surface area contributed by atoms with Crippen molar-refractivity contribution in [3.8, 4) is 22.7 Å². The zero-order valence-corrected chi connectivity index (χ0v) is 17.4. The second-order valence-electron chi connectivity index (χ2n) is 7.48. The number of benzene rings is 3. The van der Waals surface area contributed by atoms with Gasteiger partial charge in [0.15, 0.2) is 5.82 Å². The lowest BCUT2D eigenvalue weighted by molar-refractivity contribution is 0.102. The molecular weight excluding hydrogens is 402 g/mol. The first-order valence-corrected chi connectivity index (χ1v) is 10.3. The van der Waals surface area contributed by atoms with Crippen LogP contribution in [0.3, 0.4) is 0 Å². The molecule has 7 nitrogen and oxygen atoms in total. The van der Waals surface area contributed by atoms with E-state index in [9.17, 15) is 9.90 Å². The number of carbonyl (C=O) groups is 1. The number of anilines is 1. The van der Waals surface area contributed by atoms with Crippen LogP contribution in [0.1, 0.15) is 22.8 Å². The summed E-state index contributed by atoms with van der Waals surface area (Å²) in [5.41, 5.74) is 4.60. The van der Waals surface area contributed by atoms with Gasteiger partial charge in [-0.15, -0.1) is 0 Å².